The predicted octanol–water partition coefficient (Wildman–Crippen LogP) is 4.52. The van der Waals surface area contributed by atoms with E-state index in [9.17, 15) is 8.42 Å². The number of aromatic nitrogens is 2. The lowest BCUT2D eigenvalue weighted by atomic mass is 9.99. The highest BCUT2D eigenvalue weighted by Crippen LogP contribution is 2.27. The van der Waals surface area contributed by atoms with Crippen molar-refractivity contribution in [2.45, 2.75) is 31.1 Å². The minimum atomic E-state index is -3.65. The van der Waals surface area contributed by atoms with Gasteiger partial charge in [-0.05, 0) is 42.2 Å². The van der Waals surface area contributed by atoms with Crippen molar-refractivity contribution < 1.29 is 8.42 Å². The van der Waals surface area contributed by atoms with E-state index in [4.69, 9.17) is 0 Å². The first kappa shape index (κ1) is 17.6. The van der Waals surface area contributed by atoms with Gasteiger partial charge in [0, 0.05) is 23.3 Å². The van der Waals surface area contributed by atoms with Crippen LogP contribution in [0.2, 0.25) is 0 Å². The van der Waals surface area contributed by atoms with Crippen LogP contribution in [0.4, 0.5) is 5.13 Å². The summed E-state index contributed by atoms with van der Waals surface area (Å²) in [5, 5.41) is 2.14. The predicted molar refractivity (Wildman–Crippen MR) is 101 cm³/mol. The molecule has 130 valence electrons. The Morgan fingerprint density at radius 3 is 2.60 bits per heavy atom. The summed E-state index contributed by atoms with van der Waals surface area (Å²) in [6, 6.07) is 10.7. The number of benzene rings is 1. The first-order valence-corrected chi connectivity index (χ1v) is 10.3. The number of hydrogen-bond acceptors (Lipinski definition) is 5. The maximum atomic E-state index is 12.5. The van der Waals surface area contributed by atoms with E-state index in [-0.39, 0.29) is 4.90 Å². The molecule has 0 saturated carbocycles. The molecule has 3 aromatic rings. The average Bonchev–Trinajstić information content (AvgIpc) is 3.09. The topological polar surface area (TPSA) is 72.0 Å². The molecule has 2 heterocycles. The van der Waals surface area contributed by atoms with Gasteiger partial charge in [0.1, 0.15) is 0 Å². The largest absolute Gasteiger partial charge is 0.264 e. The van der Waals surface area contributed by atoms with E-state index in [1.165, 1.54) is 11.3 Å². The maximum Gasteiger partial charge on any atom is 0.263 e. The van der Waals surface area contributed by atoms with E-state index in [1.54, 1.807) is 29.9 Å². The van der Waals surface area contributed by atoms with Crippen LogP contribution < -0.4 is 4.72 Å². The van der Waals surface area contributed by atoms with Crippen LogP contribution in [-0.2, 0) is 10.0 Å². The molecule has 0 spiro atoms. The molecule has 1 aromatic carbocycles. The third kappa shape index (κ3) is 4.05. The molecule has 0 saturated heterocycles. The standard InChI is InChI=1S/C18H19N3O2S2/c1-3-13(2)14-6-8-16(9-7-14)25(22,23)21-18-20-17(12-24-18)15-5-4-10-19-11-15/h4-13H,3H2,1-2H3,(H,20,21). The Morgan fingerprint density at radius 2 is 1.96 bits per heavy atom. The van der Waals surface area contributed by atoms with Gasteiger partial charge >= 0.3 is 0 Å². The van der Waals surface area contributed by atoms with E-state index in [2.05, 4.69) is 28.5 Å². The number of pyridine rings is 1. The van der Waals surface area contributed by atoms with Crippen LogP contribution in [0.15, 0.2) is 59.1 Å². The van der Waals surface area contributed by atoms with E-state index in [0.29, 0.717) is 16.7 Å². The second kappa shape index (κ2) is 7.33. The van der Waals surface area contributed by atoms with Crippen molar-refractivity contribution in [3.63, 3.8) is 0 Å². The van der Waals surface area contributed by atoms with E-state index >= 15 is 0 Å². The van der Waals surface area contributed by atoms with Gasteiger partial charge in [-0.15, -0.1) is 11.3 Å². The van der Waals surface area contributed by atoms with E-state index < -0.39 is 10.0 Å². The van der Waals surface area contributed by atoms with Crippen LogP contribution in [0.3, 0.4) is 0 Å². The molecule has 2 aromatic heterocycles. The van der Waals surface area contributed by atoms with Crippen molar-refractivity contribution in [1.82, 2.24) is 9.97 Å². The Morgan fingerprint density at radius 1 is 1.20 bits per heavy atom. The normalized spacial score (nSPS) is 12.7. The van der Waals surface area contributed by atoms with Gasteiger partial charge in [0.25, 0.3) is 10.0 Å². The van der Waals surface area contributed by atoms with Crippen molar-refractivity contribution in [1.29, 1.82) is 0 Å². The molecular formula is C18H19N3O2S2. The van der Waals surface area contributed by atoms with Gasteiger partial charge in [0.2, 0.25) is 0 Å². The number of rotatable bonds is 6. The monoisotopic (exact) mass is 373 g/mol. The fourth-order valence-electron chi connectivity index (χ4n) is 2.35. The van der Waals surface area contributed by atoms with Crippen LogP contribution in [0.25, 0.3) is 11.3 Å². The molecule has 0 radical (unpaired) electrons. The summed E-state index contributed by atoms with van der Waals surface area (Å²) in [6.07, 6.45) is 4.39. The van der Waals surface area contributed by atoms with Gasteiger partial charge in [0.05, 0.1) is 10.6 Å². The molecule has 1 unspecified atom stereocenters. The van der Waals surface area contributed by atoms with Gasteiger partial charge in [-0.25, -0.2) is 13.4 Å². The van der Waals surface area contributed by atoms with Crippen molar-refractivity contribution in [3.8, 4) is 11.3 Å². The van der Waals surface area contributed by atoms with Crippen molar-refractivity contribution in [2.24, 2.45) is 0 Å². The lowest BCUT2D eigenvalue weighted by Crippen LogP contribution is -2.12. The summed E-state index contributed by atoms with van der Waals surface area (Å²) in [7, 11) is -3.65. The number of anilines is 1. The summed E-state index contributed by atoms with van der Waals surface area (Å²) < 4.78 is 27.6. The highest BCUT2D eigenvalue weighted by atomic mass is 32.2. The smallest absolute Gasteiger partial charge is 0.263 e. The summed E-state index contributed by atoms with van der Waals surface area (Å²) in [4.78, 5) is 8.62. The van der Waals surface area contributed by atoms with Crippen molar-refractivity contribution >= 4 is 26.5 Å². The van der Waals surface area contributed by atoms with Crippen LogP contribution >= 0.6 is 11.3 Å². The Labute approximate surface area is 151 Å². The maximum absolute atomic E-state index is 12.5. The third-order valence-corrected chi connectivity index (χ3v) is 6.30. The molecule has 0 aliphatic carbocycles. The van der Waals surface area contributed by atoms with Gasteiger partial charge in [-0.1, -0.05) is 26.0 Å². The second-order valence-corrected chi connectivity index (χ2v) is 8.30. The Bertz CT molecular complexity index is 936. The van der Waals surface area contributed by atoms with Crippen LogP contribution in [0, 0.1) is 0 Å². The molecule has 0 amide bonds. The lowest BCUT2D eigenvalue weighted by Gasteiger charge is -2.10. The summed E-state index contributed by atoms with van der Waals surface area (Å²) in [5.74, 6) is 0.408. The Kier molecular flexibility index (Phi) is 5.15. The number of sulfonamides is 1. The fourth-order valence-corrected chi connectivity index (χ4v) is 4.33. The van der Waals surface area contributed by atoms with Crippen LogP contribution in [0.5, 0.6) is 0 Å². The molecule has 25 heavy (non-hydrogen) atoms. The lowest BCUT2D eigenvalue weighted by molar-refractivity contribution is 0.601. The summed E-state index contributed by atoms with van der Waals surface area (Å²) >= 11 is 1.25. The molecule has 0 bridgehead atoms. The van der Waals surface area contributed by atoms with E-state index in [0.717, 1.165) is 17.5 Å². The van der Waals surface area contributed by atoms with Gasteiger partial charge in [-0.3, -0.25) is 9.71 Å². The molecule has 0 aliphatic rings. The summed E-state index contributed by atoms with van der Waals surface area (Å²) in [5.41, 5.74) is 2.68. The van der Waals surface area contributed by atoms with Gasteiger partial charge in [0.15, 0.2) is 5.13 Å². The SMILES string of the molecule is CCC(C)c1ccc(S(=O)(=O)Nc2nc(-c3cccnc3)cs2)cc1. The van der Waals surface area contributed by atoms with Crippen LogP contribution in [0.1, 0.15) is 31.7 Å². The van der Waals surface area contributed by atoms with E-state index in [1.807, 2.05) is 24.3 Å². The highest BCUT2D eigenvalue weighted by molar-refractivity contribution is 7.93. The molecule has 3 rings (SSSR count). The molecule has 5 nitrogen and oxygen atoms in total. The first-order valence-electron chi connectivity index (χ1n) is 7.98. The number of nitrogens with one attached hydrogen (secondary N) is 1. The molecule has 1 N–H and O–H groups in total. The molecule has 0 aliphatic heterocycles. The zero-order valence-electron chi connectivity index (χ0n) is 14.0. The number of nitrogens with zero attached hydrogens (tertiary/aromatic N) is 2. The van der Waals surface area contributed by atoms with Gasteiger partial charge < -0.3 is 0 Å². The second-order valence-electron chi connectivity index (χ2n) is 5.76. The Hall–Kier alpha value is -2.25. The Balaban J connectivity index is 1.79. The van der Waals surface area contributed by atoms with Crippen molar-refractivity contribution in [2.75, 3.05) is 4.72 Å². The first-order chi connectivity index (χ1) is 12.0. The molecular weight excluding hydrogens is 354 g/mol. The minimum absolute atomic E-state index is 0.234. The zero-order valence-corrected chi connectivity index (χ0v) is 15.6. The fraction of sp³-hybridized carbons (Fsp3) is 0.222. The highest BCUT2D eigenvalue weighted by Gasteiger charge is 2.17. The number of thiazole rings is 1. The average molecular weight is 374 g/mol. The van der Waals surface area contributed by atoms with Gasteiger partial charge in [-0.2, -0.15) is 0 Å². The quantitative estimate of drug-likeness (QED) is 0.689. The molecule has 0 fully saturated rings. The third-order valence-electron chi connectivity index (χ3n) is 4.05. The minimum Gasteiger partial charge on any atom is -0.264 e. The summed E-state index contributed by atoms with van der Waals surface area (Å²) in [6.45, 7) is 4.23. The number of hydrogen-bond donors (Lipinski definition) is 1. The van der Waals surface area contributed by atoms with Crippen molar-refractivity contribution in [3.05, 3.63) is 59.7 Å². The zero-order chi connectivity index (χ0) is 17.9. The molecule has 1 atom stereocenters. The molecule has 7 heteroatoms. The van der Waals surface area contributed by atoms with Crippen LogP contribution in [-0.4, -0.2) is 18.4 Å².